The van der Waals surface area contributed by atoms with Crippen LogP contribution in [0.2, 0.25) is 0 Å². The summed E-state index contributed by atoms with van der Waals surface area (Å²) in [7, 11) is 0. The number of rotatable bonds is 16. The molecule has 0 radical (unpaired) electrons. The van der Waals surface area contributed by atoms with Crippen molar-refractivity contribution < 1.29 is 0 Å². The molecule has 0 aliphatic heterocycles. The molecule has 0 spiro atoms. The summed E-state index contributed by atoms with van der Waals surface area (Å²) < 4.78 is 0. The predicted octanol–water partition coefficient (Wildman–Crippen LogP) is 6.87. The van der Waals surface area contributed by atoms with Crippen molar-refractivity contribution in [1.82, 2.24) is 0 Å². The fourth-order valence-electron chi connectivity index (χ4n) is 2.73. The average molecular weight is 283 g/mol. The van der Waals surface area contributed by atoms with Gasteiger partial charge in [-0.25, -0.2) is 0 Å². The summed E-state index contributed by atoms with van der Waals surface area (Å²) in [5.74, 6) is 0.486. The fourth-order valence-corrected chi connectivity index (χ4v) is 2.73. The van der Waals surface area contributed by atoms with Gasteiger partial charge in [-0.05, 0) is 12.3 Å². The third kappa shape index (κ3) is 15.7. The molecular weight excluding hydrogens is 246 g/mol. The zero-order valence-electron chi connectivity index (χ0n) is 14.0. The van der Waals surface area contributed by atoms with Crippen molar-refractivity contribution in [2.24, 2.45) is 11.1 Å². The molecule has 0 amide bonds. The van der Waals surface area contributed by atoms with E-state index in [9.17, 15) is 4.91 Å². The largest absolute Gasteiger partial charge is 0.151 e. The molecule has 120 valence electrons. The zero-order valence-corrected chi connectivity index (χ0v) is 14.0. The molecule has 2 heteroatoms. The van der Waals surface area contributed by atoms with Gasteiger partial charge in [0.05, 0.1) is 6.54 Å². The zero-order chi connectivity index (χ0) is 14.9. The third-order valence-corrected chi connectivity index (χ3v) is 4.19. The van der Waals surface area contributed by atoms with Gasteiger partial charge in [0.2, 0.25) is 0 Å². The Balaban J connectivity index is 3.01. The van der Waals surface area contributed by atoms with Crippen molar-refractivity contribution in [3.8, 4) is 0 Å². The summed E-state index contributed by atoms with van der Waals surface area (Å²) in [4.78, 5) is 10.1. The third-order valence-electron chi connectivity index (χ3n) is 4.19. The van der Waals surface area contributed by atoms with Crippen LogP contribution < -0.4 is 0 Å². The highest BCUT2D eigenvalue weighted by Crippen LogP contribution is 2.14. The van der Waals surface area contributed by atoms with Crippen LogP contribution in [0.4, 0.5) is 0 Å². The maximum absolute atomic E-state index is 10.1. The Hall–Kier alpha value is -0.400. The van der Waals surface area contributed by atoms with Gasteiger partial charge < -0.3 is 0 Å². The van der Waals surface area contributed by atoms with Crippen LogP contribution in [0.25, 0.3) is 0 Å². The van der Waals surface area contributed by atoms with Crippen LogP contribution in [0.15, 0.2) is 5.18 Å². The van der Waals surface area contributed by atoms with Crippen molar-refractivity contribution in [2.75, 3.05) is 6.54 Å². The van der Waals surface area contributed by atoms with Crippen molar-refractivity contribution in [2.45, 2.75) is 104 Å². The lowest BCUT2D eigenvalue weighted by molar-refractivity contribution is 0.485. The Morgan fingerprint density at radius 2 is 1.10 bits per heavy atom. The highest BCUT2D eigenvalue weighted by Gasteiger charge is 2.01. The van der Waals surface area contributed by atoms with Crippen LogP contribution in [0, 0.1) is 10.8 Å². The second-order valence-corrected chi connectivity index (χ2v) is 6.45. The molecule has 0 saturated carbocycles. The van der Waals surface area contributed by atoms with Gasteiger partial charge in [0.15, 0.2) is 0 Å². The average Bonchev–Trinajstić information content (AvgIpc) is 2.44. The van der Waals surface area contributed by atoms with Gasteiger partial charge in [0.25, 0.3) is 0 Å². The molecule has 2 nitrogen and oxygen atoms in total. The summed E-state index contributed by atoms with van der Waals surface area (Å²) in [5, 5.41) is 2.97. The number of unbranched alkanes of at least 4 members (excludes halogenated alkanes) is 12. The molecule has 0 bridgehead atoms. The van der Waals surface area contributed by atoms with Gasteiger partial charge in [-0.1, -0.05) is 102 Å². The smallest absolute Gasteiger partial charge is 0.0836 e. The van der Waals surface area contributed by atoms with Crippen molar-refractivity contribution in [3.05, 3.63) is 4.91 Å². The van der Waals surface area contributed by atoms with Crippen molar-refractivity contribution in [3.63, 3.8) is 0 Å². The van der Waals surface area contributed by atoms with E-state index in [1.54, 1.807) is 0 Å². The molecule has 0 N–H and O–H groups in total. The highest BCUT2D eigenvalue weighted by atomic mass is 16.3. The Morgan fingerprint density at radius 3 is 1.50 bits per heavy atom. The standard InChI is InChI=1S/C18H37NO/c1-3-4-5-6-7-8-9-10-11-12-13-14-15-16-18(2)17-19-20/h18H,3-17H2,1-2H3. The molecule has 0 fully saturated rings. The topological polar surface area (TPSA) is 29.4 Å². The van der Waals surface area contributed by atoms with Crippen LogP contribution in [0.1, 0.15) is 104 Å². The fraction of sp³-hybridized carbons (Fsp3) is 1.00. The van der Waals surface area contributed by atoms with Crippen molar-refractivity contribution in [1.29, 1.82) is 0 Å². The molecule has 0 aromatic carbocycles. The van der Waals surface area contributed by atoms with Crippen LogP contribution >= 0.6 is 0 Å². The first-order valence-electron chi connectivity index (χ1n) is 9.10. The van der Waals surface area contributed by atoms with E-state index in [0.29, 0.717) is 12.5 Å². The number of nitroso groups, excluding NO2 is 1. The quantitative estimate of drug-likeness (QED) is 0.224. The summed E-state index contributed by atoms with van der Waals surface area (Å²) in [5.41, 5.74) is 0. The minimum absolute atomic E-state index is 0.486. The van der Waals surface area contributed by atoms with Gasteiger partial charge in [-0.15, -0.1) is 0 Å². The van der Waals surface area contributed by atoms with Crippen LogP contribution in [-0.4, -0.2) is 6.54 Å². The van der Waals surface area contributed by atoms with E-state index >= 15 is 0 Å². The molecule has 0 aliphatic carbocycles. The second-order valence-electron chi connectivity index (χ2n) is 6.45. The molecule has 0 aromatic rings. The Labute approximate surface area is 127 Å². The second kappa shape index (κ2) is 16.7. The molecule has 1 atom stereocenters. The highest BCUT2D eigenvalue weighted by molar-refractivity contribution is 4.56. The van der Waals surface area contributed by atoms with E-state index in [2.05, 4.69) is 19.0 Å². The molecule has 0 rings (SSSR count). The lowest BCUT2D eigenvalue weighted by Crippen LogP contribution is -1.98. The summed E-state index contributed by atoms with van der Waals surface area (Å²) in [6, 6.07) is 0. The minimum Gasteiger partial charge on any atom is -0.151 e. The minimum atomic E-state index is 0.486. The monoisotopic (exact) mass is 283 g/mol. The molecule has 0 aliphatic rings. The van der Waals surface area contributed by atoms with E-state index in [1.165, 1.54) is 89.9 Å². The van der Waals surface area contributed by atoms with E-state index in [0.717, 1.165) is 0 Å². The molecule has 0 heterocycles. The van der Waals surface area contributed by atoms with Gasteiger partial charge in [-0.3, -0.25) is 0 Å². The first kappa shape index (κ1) is 19.6. The Morgan fingerprint density at radius 1 is 0.700 bits per heavy atom. The van der Waals surface area contributed by atoms with Crippen LogP contribution in [0.3, 0.4) is 0 Å². The van der Waals surface area contributed by atoms with Gasteiger partial charge in [0.1, 0.15) is 0 Å². The Bertz CT molecular complexity index is 194. The van der Waals surface area contributed by atoms with E-state index in [1.807, 2.05) is 0 Å². The van der Waals surface area contributed by atoms with E-state index in [4.69, 9.17) is 0 Å². The molecule has 0 saturated heterocycles. The predicted molar refractivity (Wildman–Crippen MR) is 90.1 cm³/mol. The van der Waals surface area contributed by atoms with Gasteiger partial charge in [0, 0.05) is 0 Å². The Kier molecular flexibility index (Phi) is 16.3. The SMILES string of the molecule is CCCCCCCCCCCCCCCC(C)CN=O. The molecule has 1 unspecified atom stereocenters. The first-order chi connectivity index (χ1) is 9.81. The summed E-state index contributed by atoms with van der Waals surface area (Å²) in [6.45, 7) is 4.90. The first-order valence-corrected chi connectivity index (χ1v) is 9.10. The lowest BCUT2D eigenvalue weighted by Gasteiger charge is -2.06. The number of hydrogen-bond donors (Lipinski definition) is 0. The maximum Gasteiger partial charge on any atom is 0.0836 e. The number of hydrogen-bond acceptors (Lipinski definition) is 2. The number of nitrogens with zero attached hydrogens (tertiary/aromatic N) is 1. The van der Waals surface area contributed by atoms with Crippen LogP contribution in [0.5, 0.6) is 0 Å². The summed E-state index contributed by atoms with van der Waals surface area (Å²) in [6.07, 6.45) is 19.4. The van der Waals surface area contributed by atoms with E-state index < -0.39 is 0 Å². The van der Waals surface area contributed by atoms with Gasteiger partial charge >= 0.3 is 0 Å². The van der Waals surface area contributed by atoms with Crippen LogP contribution in [-0.2, 0) is 0 Å². The van der Waals surface area contributed by atoms with E-state index in [-0.39, 0.29) is 0 Å². The maximum atomic E-state index is 10.1. The normalized spacial score (nSPS) is 12.5. The summed E-state index contributed by atoms with van der Waals surface area (Å²) >= 11 is 0. The lowest BCUT2D eigenvalue weighted by atomic mass is 10.0. The molecule has 20 heavy (non-hydrogen) atoms. The molecular formula is C18H37NO. The van der Waals surface area contributed by atoms with Gasteiger partial charge in [-0.2, -0.15) is 4.91 Å². The van der Waals surface area contributed by atoms with Crippen molar-refractivity contribution >= 4 is 0 Å². The molecule has 0 aromatic heterocycles.